The average molecular weight is 423 g/mol. The SMILES string of the molecule is CCC(C(=O)NC1CCCCC1)N(Cc1ccccc1)C(=O)COc1cccc(C)c1. The molecule has 0 bridgehead atoms. The molecule has 0 aliphatic heterocycles. The number of rotatable bonds is 9. The van der Waals surface area contributed by atoms with Crippen molar-refractivity contribution in [1.82, 2.24) is 10.2 Å². The predicted octanol–water partition coefficient (Wildman–Crippen LogP) is 4.63. The molecule has 2 aromatic carbocycles. The van der Waals surface area contributed by atoms with Gasteiger partial charge in [-0.05, 0) is 49.4 Å². The quantitative estimate of drug-likeness (QED) is 0.641. The van der Waals surface area contributed by atoms with Crippen molar-refractivity contribution in [3.63, 3.8) is 0 Å². The highest BCUT2D eigenvalue weighted by molar-refractivity contribution is 5.88. The lowest BCUT2D eigenvalue weighted by molar-refractivity contribution is -0.143. The maximum Gasteiger partial charge on any atom is 0.261 e. The number of hydrogen-bond acceptors (Lipinski definition) is 3. The van der Waals surface area contributed by atoms with Gasteiger partial charge in [-0.3, -0.25) is 9.59 Å². The van der Waals surface area contributed by atoms with Gasteiger partial charge in [0.2, 0.25) is 5.91 Å². The van der Waals surface area contributed by atoms with E-state index in [9.17, 15) is 9.59 Å². The molecule has 1 N–H and O–H groups in total. The van der Waals surface area contributed by atoms with Crippen LogP contribution in [0, 0.1) is 6.92 Å². The molecule has 1 atom stereocenters. The maximum absolute atomic E-state index is 13.2. The fraction of sp³-hybridized carbons (Fsp3) is 0.462. The van der Waals surface area contributed by atoms with Gasteiger partial charge in [0.15, 0.2) is 6.61 Å². The number of carbonyl (C=O) groups is 2. The van der Waals surface area contributed by atoms with E-state index in [1.807, 2.05) is 68.4 Å². The first-order valence-electron chi connectivity index (χ1n) is 11.4. The molecular formula is C26H34N2O3. The van der Waals surface area contributed by atoms with Crippen LogP contribution in [0.25, 0.3) is 0 Å². The van der Waals surface area contributed by atoms with Gasteiger partial charge < -0.3 is 15.0 Å². The fourth-order valence-corrected chi connectivity index (χ4v) is 4.18. The molecule has 0 radical (unpaired) electrons. The Kier molecular flexibility index (Phi) is 8.51. The molecule has 1 fully saturated rings. The second kappa shape index (κ2) is 11.5. The van der Waals surface area contributed by atoms with Gasteiger partial charge in [-0.25, -0.2) is 0 Å². The third-order valence-corrected chi connectivity index (χ3v) is 5.89. The van der Waals surface area contributed by atoms with Crippen LogP contribution in [0.2, 0.25) is 0 Å². The minimum Gasteiger partial charge on any atom is -0.484 e. The van der Waals surface area contributed by atoms with Gasteiger partial charge in [0.25, 0.3) is 5.91 Å². The molecule has 5 heteroatoms. The Labute approximate surface area is 185 Å². The molecule has 2 amide bonds. The summed E-state index contributed by atoms with van der Waals surface area (Å²) < 4.78 is 5.77. The van der Waals surface area contributed by atoms with Crippen molar-refractivity contribution in [2.75, 3.05) is 6.61 Å². The Balaban J connectivity index is 1.72. The van der Waals surface area contributed by atoms with Crippen molar-refractivity contribution >= 4 is 11.8 Å². The van der Waals surface area contributed by atoms with Crippen LogP contribution >= 0.6 is 0 Å². The Bertz CT molecular complexity index is 847. The highest BCUT2D eigenvalue weighted by Gasteiger charge is 2.30. The number of hydrogen-bond donors (Lipinski definition) is 1. The Morgan fingerprint density at radius 1 is 1.06 bits per heavy atom. The molecule has 166 valence electrons. The Morgan fingerprint density at radius 2 is 1.81 bits per heavy atom. The van der Waals surface area contributed by atoms with E-state index in [1.54, 1.807) is 4.90 Å². The summed E-state index contributed by atoms with van der Waals surface area (Å²) in [4.78, 5) is 28.0. The van der Waals surface area contributed by atoms with Crippen LogP contribution in [0.3, 0.4) is 0 Å². The Morgan fingerprint density at radius 3 is 2.48 bits per heavy atom. The van der Waals surface area contributed by atoms with Gasteiger partial charge in [-0.1, -0.05) is 68.7 Å². The second-order valence-corrected chi connectivity index (χ2v) is 8.38. The molecule has 0 heterocycles. The Hall–Kier alpha value is -2.82. The normalized spacial score (nSPS) is 15.2. The van der Waals surface area contributed by atoms with Crippen molar-refractivity contribution < 1.29 is 14.3 Å². The van der Waals surface area contributed by atoms with Crippen LogP contribution < -0.4 is 10.1 Å². The van der Waals surface area contributed by atoms with Gasteiger partial charge >= 0.3 is 0 Å². The zero-order chi connectivity index (χ0) is 22.1. The van der Waals surface area contributed by atoms with Gasteiger partial charge in [-0.15, -0.1) is 0 Å². The highest BCUT2D eigenvalue weighted by Crippen LogP contribution is 2.19. The van der Waals surface area contributed by atoms with Crippen molar-refractivity contribution in [3.8, 4) is 5.75 Å². The number of amides is 2. The first-order chi connectivity index (χ1) is 15.1. The second-order valence-electron chi connectivity index (χ2n) is 8.38. The molecule has 0 aromatic heterocycles. The standard InChI is InChI=1S/C26H34N2O3/c1-3-24(26(30)27-22-14-8-5-9-15-22)28(18-21-12-6-4-7-13-21)25(29)19-31-23-16-10-11-20(2)17-23/h4,6-7,10-13,16-17,22,24H,3,5,8-9,14-15,18-19H2,1-2H3,(H,27,30). The summed E-state index contributed by atoms with van der Waals surface area (Å²) in [7, 11) is 0. The smallest absolute Gasteiger partial charge is 0.261 e. The maximum atomic E-state index is 13.2. The van der Waals surface area contributed by atoms with Crippen LogP contribution in [0.15, 0.2) is 54.6 Å². The highest BCUT2D eigenvalue weighted by atomic mass is 16.5. The van der Waals surface area contributed by atoms with Crippen molar-refractivity contribution in [1.29, 1.82) is 0 Å². The van der Waals surface area contributed by atoms with E-state index in [2.05, 4.69) is 5.32 Å². The molecule has 31 heavy (non-hydrogen) atoms. The molecule has 3 rings (SSSR count). The summed E-state index contributed by atoms with van der Waals surface area (Å²) in [6, 6.07) is 17.1. The van der Waals surface area contributed by atoms with Crippen molar-refractivity contribution in [2.45, 2.75) is 71.0 Å². The summed E-state index contributed by atoms with van der Waals surface area (Å²) in [5.41, 5.74) is 2.07. The number of nitrogens with zero attached hydrogens (tertiary/aromatic N) is 1. The van der Waals surface area contributed by atoms with E-state index in [1.165, 1.54) is 6.42 Å². The summed E-state index contributed by atoms with van der Waals surface area (Å²) in [5.74, 6) is 0.415. The van der Waals surface area contributed by atoms with Crippen LogP contribution in [-0.2, 0) is 16.1 Å². The van der Waals surface area contributed by atoms with Crippen LogP contribution in [0.1, 0.15) is 56.6 Å². The zero-order valence-electron chi connectivity index (χ0n) is 18.7. The molecular weight excluding hydrogens is 388 g/mol. The number of nitrogens with one attached hydrogen (secondary N) is 1. The van der Waals surface area contributed by atoms with Crippen molar-refractivity contribution in [2.24, 2.45) is 0 Å². The number of benzene rings is 2. The molecule has 5 nitrogen and oxygen atoms in total. The van der Waals surface area contributed by atoms with E-state index in [4.69, 9.17) is 4.74 Å². The minimum atomic E-state index is -0.518. The molecule has 1 unspecified atom stereocenters. The first-order valence-corrected chi connectivity index (χ1v) is 11.4. The van der Waals surface area contributed by atoms with Crippen LogP contribution in [0.4, 0.5) is 0 Å². The predicted molar refractivity (Wildman–Crippen MR) is 123 cm³/mol. The third kappa shape index (κ3) is 6.84. The lowest BCUT2D eigenvalue weighted by atomic mass is 9.95. The van der Waals surface area contributed by atoms with Crippen LogP contribution in [0.5, 0.6) is 5.75 Å². The van der Waals surface area contributed by atoms with E-state index < -0.39 is 6.04 Å². The van der Waals surface area contributed by atoms with Gasteiger partial charge in [0.1, 0.15) is 11.8 Å². The number of carbonyl (C=O) groups excluding carboxylic acids is 2. The fourth-order valence-electron chi connectivity index (χ4n) is 4.18. The monoisotopic (exact) mass is 422 g/mol. The van der Waals surface area contributed by atoms with Crippen molar-refractivity contribution in [3.05, 3.63) is 65.7 Å². The lowest BCUT2D eigenvalue weighted by Gasteiger charge is -2.32. The van der Waals surface area contributed by atoms with E-state index in [0.717, 1.165) is 36.8 Å². The summed E-state index contributed by atoms with van der Waals surface area (Å²) in [6.07, 6.45) is 6.13. The van der Waals surface area contributed by atoms with Crippen LogP contribution in [-0.4, -0.2) is 35.4 Å². The zero-order valence-corrected chi connectivity index (χ0v) is 18.7. The molecule has 1 saturated carbocycles. The van der Waals surface area contributed by atoms with Gasteiger partial charge in [0, 0.05) is 12.6 Å². The number of ether oxygens (including phenoxy) is 1. The molecule has 2 aromatic rings. The third-order valence-electron chi connectivity index (χ3n) is 5.89. The molecule has 1 aliphatic rings. The van der Waals surface area contributed by atoms with Gasteiger partial charge in [-0.2, -0.15) is 0 Å². The lowest BCUT2D eigenvalue weighted by Crippen LogP contribution is -2.52. The minimum absolute atomic E-state index is 0.0609. The summed E-state index contributed by atoms with van der Waals surface area (Å²) >= 11 is 0. The summed E-state index contributed by atoms with van der Waals surface area (Å²) in [5, 5.41) is 3.20. The first kappa shape index (κ1) is 22.9. The number of aryl methyl sites for hydroxylation is 1. The molecule has 0 spiro atoms. The largest absolute Gasteiger partial charge is 0.484 e. The van der Waals surface area contributed by atoms with E-state index >= 15 is 0 Å². The van der Waals surface area contributed by atoms with E-state index in [0.29, 0.717) is 18.7 Å². The van der Waals surface area contributed by atoms with E-state index in [-0.39, 0.29) is 24.5 Å². The topological polar surface area (TPSA) is 58.6 Å². The average Bonchev–Trinajstić information content (AvgIpc) is 2.79. The van der Waals surface area contributed by atoms with Gasteiger partial charge in [0.05, 0.1) is 0 Å². The molecule has 0 saturated heterocycles. The molecule has 1 aliphatic carbocycles. The summed E-state index contributed by atoms with van der Waals surface area (Å²) in [6.45, 7) is 4.23.